The highest BCUT2D eigenvalue weighted by atomic mass is 16.5. The van der Waals surface area contributed by atoms with Gasteiger partial charge in [0.25, 0.3) is 0 Å². The van der Waals surface area contributed by atoms with Gasteiger partial charge in [-0.05, 0) is 49.6 Å². The summed E-state index contributed by atoms with van der Waals surface area (Å²) in [5, 5.41) is 6.39. The van der Waals surface area contributed by atoms with Crippen molar-refractivity contribution >= 4 is 17.2 Å². The lowest BCUT2D eigenvalue weighted by Gasteiger charge is -2.14. The molecule has 2 aliphatic rings. The Morgan fingerprint density at radius 1 is 1.11 bits per heavy atom. The number of hydrogen-bond donors (Lipinski definition) is 2. The summed E-state index contributed by atoms with van der Waals surface area (Å²) in [5.74, 6) is 3.16. The normalized spacial score (nSPS) is 15.6. The summed E-state index contributed by atoms with van der Waals surface area (Å²) in [6, 6.07) is 11.7. The lowest BCUT2D eigenvalue weighted by Crippen LogP contribution is -2.08. The molecule has 1 fully saturated rings. The molecule has 1 aliphatic carbocycles. The van der Waals surface area contributed by atoms with Gasteiger partial charge in [0, 0.05) is 30.3 Å². The van der Waals surface area contributed by atoms with Crippen molar-refractivity contribution in [3.8, 4) is 17.4 Å². The van der Waals surface area contributed by atoms with Gasteiger partial charge in [0.1, 0.15) is 11.5 Å². The Morgan fingerprint density at radius 3 is 2.75 bits per heavy atom. The standard InChI is InChI=1S/C22H22N4O2/c1-14-5-7-17(19-20(14)27-13-22(19)9-10-22)28-18-8-6-15(12-25-18)26-21-16(23-2)4-3-11-24-21/h3-8,11-12,23H,9-10,13H2,1-2H3,(H,24,26). The van der Waals surface area contributed by atoms with Crippen LogP contribution in [0.15, 0.2) is 48.8 Å². The van der Waals surface area contributed by atoms with Crippen LogP contribution in [0.3, 0.4) is 0 Å². The van der Waals surface area contributed by atoms with Gasteiger partial charge in [-0.1, -0.05) is 6.07 Å². The molecule has 1 aliphatic heterocycles. The van der Waals surface area contributed by atoms with Gasteiger partial charge in [0.15, 0.2) is 5.82 Å². The molecule has 0 radical (unpaired) electrons. The molecule has 5 rings (SSSR count). The monoisotopic (exact) mass is 374 g/mol. The average Bonchev–Trinajstić information content (AvgIpc) is 3.39. The van der Waals surface area contributed by atoms with E-state index >= 15 is 0 Å². The third-order valence-corrected chi connectivity index (χ3v) is 5.48. The first kappa shape index (κ1) is 16.9. The molecule has 0 bridgehead atoms. The second kappa shape index (κ2) is 6.41. The molecule has 1 spiro atoms. The van der Waals surface area contributed by atoms with Crippen LogP contribution < -0.4 is 20.1 Å². The summed E-state index contributed by atoms with van der Waals surface area (Å²) in [4.78, 5) is 8.83. The minimum Gasteiger partial charge on any atom is -0.492 e. The van der Waals surface area contributed by atoms with Crippen LogP contribution in [0.1, 0.15) is 24.0 Å². The Balaban J connectivity index is 1.38. The smallest absolute Gasteiger partial charge is 0.219 e. The van der Waals surface area contributed by atoms with E-state index in [4.69, 9.17) is 9.47 Å². The van der Waals surface area contributed by atoms with E-state index in [9.17, 15) is 0 Å². The van der Waals surface area contributed by atoms with Gasteiger partial charge in [-0.25, -0.2) is 9.97 Å². The van der Waals surface area contributed by atoms with Crippen molar-refractivity contribution in [1.29, 1.82) is 0 Å². The van der Waals surface area contributed by atoms with E-state index in [0.29, 0.717) is 5.88 Å². The molecule has 6 heteroatoms. The maximum absolute atomic E-state index is 6.16. The summed E-state index contributed by atoms with van der Waals surface area (Å²) >= 11 is 0. The Labute approximate surface area is 163 Å². The van der Waals surface area contributed by atoms with Gasteiger partial charge in [-0.15, -0.1) is 0 Å². The number of nitrogens with one attached hydrogen (secondary N) is 2. The number of anilines is 3. The minimum atomic E-state index is 0.153. The van der Waals surface area contributed by atoms with Crippen LogP contribution in [0.4, 0.5) is 17.2 Å². The fraction of sp³-hybridized carbons (Fsp3) is 0.273. The number of aryl methyl sites for hydroxylation is 1. The molecule has 1 saturated carbocycles. The van der Waals surface area contributed by atoms with Crippen LogP contribution in [0.5, 0.6) is 17.4 Å². The molecule has 1 aromatic carbocycles. The van der Waals surface area contributed by atoms with Crippen LogP contribution in [-0.4, -0.2) is 23.6 Å². The van der Waals surface area contributed by atoms with Gasteiger partial charge in [-0.3, -0.25) is 0 Å². The molecule has 3 heterocycles. The lowest BCUT2D eigenvalue weighted by molar-refractivity contribution is 0.322. The zero-order valence-electron chi connectivity index (χ0n) is 16.0. The largest absolute Gasteiger partial charge is 0.492 e. The van der Waals surface area contributed by atoms with Crippen molar-refractivity contribution in [2.24, 2.45) is 0 Å². The van der Waals surface area contributed by atoms with Crippen molar-refractivity contribution in [3.05, 3.63) is 59.9 Å². The maximum atomic E-state index is 6.16. The predicted octanol–water partition coefficient (Wildman–Crippen LogP) is 4.79. The molecule has 28 heavy (non-hydrogen) atoms. The topological polar surface area (TPSA) is 68.3 Å². The molecular weight excluding hydrogens is 352 g/mol. The Kier molecular flexibility index (Phi) is 3.86. The Hall–Kier alpha value is -3.28. The molecular formula is C22H22N4O2. The second-order valence-electron chi connectivity index (χ2n) is 7.42. The summed E-state index contributed by atoms with van der Waals surface area (Å²) < 4.78 is 12.1. The SMILES string of the molecule is CNc1cccnc1Nc1ccc(Oc2ccc(C)c3c2C2(CC2)CO3)nc1. The minimum absolute atomic E-state index is 0.153. The van der Waals surface area contributed by atoms with Crippen LogP contribution in [-0.2, 0) is 5.41 Å². The van der Waals surface area contributed by atoms with Gasteiger partial charge in [0.2, 0.25) is 5.88 Å². The van der Waals surface area contributed by atoms with Crippen LogP contribution in [0.2, 0.25) is 0 Å². The van der Waals surface area contributed by atoms with Gasteiger partial charge >= 0.3 is 0 Å². The highest BCUT2D eigenvalue weighted by Crippen LogP contribution is 2.59. The highest BCUT2D eigenvalue weighted by molar-refractivity contribution is 5.70. The molecule has 142 valence electrons. The number of pyridine rings is 2. The molecule has 6 nitrogen and oxygen atoms in total. The average molecular weight is 374 g/mol. The summed E-state index contributed by atoms with van der Waals surface area (Å²) in [5.41, 5.74) is 4.30. The van der Waals surface area contributed by atoms with Crippen molar-refractivity contribution in [1.82, 2.24) is 9.97 Å². The molecule has 2 aromatic heterocycles. The van der Waals surface area contributed by atoms with Crippen molar-refractivity contribution in [2.45, 2.75) is 25.2 Å². The van der Waals surface area contributed by atoms with Gasteiger partial charge in [0.05, 0.1) is 24.2 Å². The number of rotatable bonds is 5. The molecule has 0 unspecified atom stereocenters. The fourth-order valence-corrected chi connectivity index (χ4v) is 3.74. The number of ether oxygens (including phenoxy) is 2. The molecule has 0 saturated heterocycles. The first-order valence-electron chi connectivity index (χ1n) is 9.49. The van der Waals surface area contributed by atoms with Crippen LogP contribution in [0.25, 0.3) is 0 Å². The summed E-state index contributed by atoms with van der Waals surface area (Å²) in [7, 11) is 1.87. The Morgan fingerprint density at radius 2 is 2.00 bits per heavy atom. The van der Waals surface area contributed by atoms with E-state index < -0.39 is 0 Å². The van der Waals surface area contributed by atoms with E-state index in [1.165, 1.54) is 5.56 Å². The zero-order valence-corrected chi connectivity index (χ0v) is 16.0. The van der Waals surface area contributed by atoms with E-state index in [0.717, 1.165) is 53.7 Å². The van der Waals surface area contributed by atoms with Crippen LogP contribution in [0, 0.1) is 6.92 Å². The summed E-state index contributed by atoms with van der Waals surface area (Å²) in [6.45, 7) is 2.84. The Bertz CT molecular complexity index is 1030. The molecule has 2 N–H and O–H groups in total. The fourth-order valence-electron chi connectivity index (χ4n) is 3.74. The number of hydrogen-bond acceptors (Lipinski definition) is 6. The van der Waals surface area contributed by atoms with Crippen molar-refractivity contribution < 1.29 is 9.47 Å². The van der Waals surface area contributed by atoms with Gasteiger partial charge in [-0.2, -0.15) is 0 Å². The second-order valence-corrected chi connectivity index (χ2v) is 7.42. The predicted molar refractivity (Wildman–Crippen MR) is 109 cm³/mol. The first-order chi connectivity index (χ1) is 13.7. The third-order valence-electron chi connectivity index (χ3n) is 5.48. The maximum Gasteiger partial charge on any atom is 0.219 e. The number of nitrogens with zero attached hydrogens (tertiary/aromatic N) is 2. The number of fused-ring (bicyclic) bond motifs is 2. The quantitative estimate of drug-likeness (QED) is 0.669. The summed E-state index contributed by atoms with van der Waals surface area (Å²) in [6.07, 6.45) is 5.82. The first-order valence-corrected chi connectivity index (χ1v) is 9.49. The van der Waals surface area contributed by atoms with Crippen molar-refractivity contribution in [2.75, 3.05) is 24.3 Å². The van der Waals surface area contributed by atoms with Gasteiger partial charge < -0.3 is 20.1 Å². The molecule has 0 atom stereocenters. The van der Waals surface area contributed by atoms with E-state index in [2.05, 4.69) is 27.5 Å². The molecule has 3 aromatic rings. The number of benzene rings is 1. The van der Waals surface area contributed by atoms with Crippen molar-refractivity contribution in [3.63, 3.8) is 0 Å². The third kappa shape index (κ3) is 2.81. The van der Waals surface area contributed by atoms with E-state index in [-0.39, 0.29) is 5.41 Å². The van der Waals surface area contributed by atoms with E-state index in [1.807, 2.05) is 43.4 Å². The van der Waals surface area contributed by atoms with E-state index in [1.54, 1.807) is 12.4 Å². The highest BCUT2D eigenvalue weighted by Gasteiger charge is 2.53. The molecule has 0 amide bonds. The zero-order chi connectivity index (χ0) is 19.1. The van der Waals surface area contributed by atoms with Crippen LogP contribution >= 0.6 is 0 Å². The number of aromatic nitrogens is 2. The lowest BCUT2D eigenvalue weighted by atomic mass is 9.95.